The number of nitrogen functional groups attached to an aromatic ring is 1. The first-order valence-electron chi connectivity index (χ1n) is 6.55. The summed E-state index contributed by atoms with van der Waals surface area (Å²) in [6, 6.07) is 8.30. The summed E-state index contributed by atoms with van der Waals surface area (Å²) in [6.45, 7) is 4.08. The van der Waals surface area contributed by atoms with Gasteiger partial charge in [-0.05, 0) is 19.4 Å². The smallest absolute Gasteiger partial charge is 0.163 e. The van der Waals surface area contributed by atoms with Gasteiger partial charge in [-0.2, -0.15) is 0 Å². The van der Waals surface area contributed by atoms with Gasteiger partial charge in [0.15, 0.2) is 5.82 Å². The van der Waals surface area contributed by atoms with Crippen LogP contribution in [0, 0.1) is 6.92 Å². The van der Waals surface area contributed by atoms with E-state index in [0.717, 1.165) is 29.1 Å². The number of rotatable bonds is 3. The fraction of sp³-hybridized carbons (Fsp3) is 0.200. The van der Waals surface area contributed by atoms with Crippen LogP contribution in [0.5, 0.6) is 0 Å². The molecule has 0 aliphatic heterocycles. The van der Waals surface area contributed by atoms with Gasteiger partial charge in [-0.15, -0.1) is 11.3 Å². The summed E-state index contributed by atoms with van der Waals surface area (Å²) in [4.78, 5) is 9.24. The highest BCUT2D eigenvalue weighted by Crippen LogP contribution is 2.33. The second-order valence-electron chi connectivity index (χ2n) is 4.61. The van der Waals surface area contributed by atoms with Gasteiger partial charge < -0.3 is 5.43 Å². The molecule has 0 amide bonds. The second kappa shape index (κ2) is 5.19. The minimum absolute atomic E-state index is 0.696. The van der Waals surface area contributed by atoms with Crippen molar-refractivity contribution in [1.29, 1.82) is 0 Å². The lowest BCUT2D eigenvalue weighted by atomic mass is 10.1. The van der Waals surface area contributed by atoms with Crippen LogP contribution in [-0.2, 0) is 6.42 Å². The molecule has 4 nitrogen and oxygen atoms in total. The van der Waals surface area contributed by atoms with Gasteiger partial charge in [0.2, 0.25) is 0 Å². The monoisotopic (exact) mass is 284 g/mol. The Morgan fingerprint density at radius 1 is 1.25 bits per heavy atom. The Labute approximate surface area is 121 Å². The molecule has 5 heteroatoms. The summed E-state index contributed by atoms with van der Waals surface area (Å²) >= 11 is 1.71. The number of nitrogens with one attached hydrogen (secondary N) is 1. The third-order valence-corrected chi connectivity index (χ3v) is 4.40. The van der Waals surface area contributed by atoms with Crippen molar-refractivity contribution in [3.63, 3.8) is 0 Å². The predicted octanol–water partition coefficient (Wildman–Crippen LogP) is 3.51. The second-order valence-corrected chi connectivity index (χ2v) is 5.52. The number of thiophene rings is 1. The van der Waals surface area contributed by atoms with Gasteiger partial charge in [0.25, 0.3) is 0 Å². The lowest BCUT2D eigenvalue weighted by molar-refractivity contribution is 0.975. The van der Waals surface area contributed by atoms with Crippen LogP contribution < -0.4 is 11.3 Å². The number of nitrogens with two attached hydrogens (primary N) is 1. The van der Waals surface area contributed by atoms with E-state index in [4.69, 9.17) is 10.8 Å². The Bertz CT molecular complexity index is 738. The highest BCUT2D eigenvalue weighted by atomic mass is 32.1. The SMILES string of the molecule is CCc1nc(-c2csc3ccccc23)nc(NN)c1C. The van der Waals surface area contributed by atoms with Gasteiger partial charge in [-0.3, -0.25) is 0 Å². The fourth-order valence-electron chi connectivity index (χ4n) is 2.32. The number of aryl methyl sites for hydroxylation is 1. The average molecular weight is 284 g/mol. The van der Waals surface area contributed by atoms with Crippen molar-refractivity contribution in [2.45, 2.75) is 20.3 Å². The van der Waals surface area contributed by atoms with Crippen molar-refractivity contribution in [2.24, 2.45) is 5.84 Å². The predicted molar refractivity (Wildman–Crippen MR) is 84.8 cm³/mol. The van der Waals surface area contributed by atoms with Crippen LogP contribution in [0.3, 0.4) is 0 Å². The van der Waals surface area contributed by atoms with Crippen LogP contribution in [0.2, 0.25) is 0 Å². The molecule has 0 saturated heterocycles. The Hall–Kier alpha value is -1.98. The van der Waals surface area contributed by atoms with E-state index in [2.05, 4.69) is 34.8 Å². The topological polar surface area (TPSA) is 63.8 Å². The van der Waals surface area contributed by atoms with Crippen molar-refractivity contribution in [3.05, 3.63) is 40.9 Å². The summed E-state index contributed by atoms with van der Waals surface area (Å²) in [5.74, 6) is 7.00. The van der Waals surface area contributed by atoms with Gasteiger partial charge in [-0.25, -0.2) is 15.8 Å². The van der Waals surface area contributed by atoms with E-state index in [1.807, 2.05) is 19.1 Å². The van der Waals surface area contributed by atoms with E-state index < -0.39 is 0 Å². The third kappa shape index (κ3) is 2.05. The van der Waals surface area contributed by atoms with E-state index in [9.17, 15) is 0 Å². The summed E-state index contributed by atoms with van der Waals surface area (Å²) in [5.41, 5.74) is 5.78. The average Bonchev–Trinajstić information content (AvgIpc) is 2.91. The van der Waals surface area contributed by atoms with Gasteiger partial charge in [0.1, 0.15) is 5.82 Å². The molecule has 3 rings (SSSR count). The molecular formula is C15H16N4S. The van der Waals surface area contributed by atoms with E-state index in [-0.39, 0.29) is 0 Å². The van der Waals surface area contributed by atoms with Gasteiger partial charge >= 0.3 is 0 Å². The first-order chi connectivity index (χ1) is 9.74. The molecule has 0 radical (unpaired) electrons. The summed E-state index contributed by atoms with van der Waals surface area (Å²) < 4.78 is 1.24. The van der Waals surface area contributed by atoms with Crippen LogP contribution in [0.1, 0.15) is 18.2 Å². The number of hydrazine groups is 1. The third-order valence-electron chi connectivity index (χ3n) is 3.44. The van der Waals surface area contributed by atoms with Crippen LogP contribution in [0.15, 0.2) is 29.6 Å². The number of hydrogen-bond donors (Lipinski definition) is 2. The molecule has 0 aliphatic carbocycles. The lowest BCUT2D eigenvalue weighted by Crippen LogP contribution is -2.13. The summed E-state index contributed by atoms with van der Waals surface area (Å²) in [6.07, 6.45) is 0.859. The van der Waals surface area contributed by atoms with Gasteiger partial charge in [-0.1, -0.05) is 25.1 Å². The molecule has 20 heavy (non-hydrogen) atoms. The zero-order chi connectivity index (χ0) is 14.1. The first-order valence-corrected chi connectivity index (χ1v) is 7.43. The molecule has 0 spiro atoms. The Morgan fingerprint density at radius 2 is 2.05 bits per heavy atom. The number of aromatic nitrogens is 2. The molecule has 0 atom stereocenters. The number of hydrogen-bond acceptors (Lipinski definition) is 5. The molecule has 0 fully saturated rings. The molecule has 0 bridgehead atoms. The maximum absolute atomic E-state index is 5.57. The minimum atomic E-state index is 0.696. The quantitative estimate of drug-likeness (QED) is 0.570. The van der Waals surface area contributed by atoms with Gasteiger partial charge in [0.05, 0.1) is 0 Å². The molecule has 3 N–H and O–H groups in total. The molecule has 102 valence electrons. The fourth-order valence-corrected chi connectivity index (χ4v) is 3.26. The van der Waals surface area contributed by atoms with Gasteiger partial charge in [0, 0.05) is 32.3 Å². The largest absolute Gasteiger partial charge is 0.308 e. The van der Waals surface area contributed by atoms with E-state index >= 15 is 0 Å². The highest BCUT2D eigenvalue weighted by Gasteiger charge is 2.13. The molecule has 0 aliphatic rings. The van der Waals surface area contributed by atoms with Crippen LogP contribution in [0.4, 0.5) is 5.82 Å². The first kappa shape index (κ1) is 13.0. The minimum Gasteiger partial charge on any atom is -0.308 e. The van der Waals surface area contributed by atoms with Crippen LogP contribution in [0.25, 0.3) is 21.5 Å². The Balaban J connectivity index is 2.24. The van der Waals surface area contributed by atoms with E-state index in [0.29, 0.717) is 5.82 Å². The number of benzene rings is 1. The van der Waals surface area contributed by atoms with Crippen LogP contribution >= 0.6 is 11.3 Å². The molecular weight excluding hydrogens is 268 g/mol. The summed E-state index contributed by atoms with van der Waals surface area (Å²) in [5, 5.41) is 3.29. The zero-order valence-electron chi connectivity index (χ0n) is 11.5. The molecule has 2 aromatic heterocycles. The van der Waals surface area contributed by atoms with Crippen molar-refractivity contribution < 1.29 is 0 Å². The van der Waals surface area contributed by atoms with Crippen molar-refractivity contribution in [3.8, 4) is 11.4 Å². The molecule has 2 heterocycles. The van der Waals surface area contributed by atoms with Crippen molar-refractivity contribution in [1.82, 2.24) is 9.97 Å². The molecule has 1 aromatic carbocycles. The maximum Gasteiger partial charge on any atom is 0.163 e. The molecule has 3 aromatic rings. The number of anilines is 1. The molecule has 0 saturated carbocycles. The Kier molecular flexibility index (Phi) is 3.38. The highest BCUT2D eigenvalue weighted by molar-refractivity contribution is 7.17. The Morgan fingerprint density at radius 3 is 2.80 bits per heavy atom. The van der Waals surface area contributed by atoms with Crippen molar-refractivity contribution in [2.75, 3.05) is 5.43 Å². The number of nitrogens with zero attached hydrogens (tertiary/aromatic N) is 2. The van der Waals surface area contributed by atoms with Crippen molar-refractivity contribution >= 4 is 27.2 Å². The van der Waals surface area contributed by atoms with E-state index in [1.165, 1.54) is 10.1 Å². The van der Waals surface area contributed by atoms with E-state index in [1.54, 1.807) is 11.3 Å². The van der Waals surface area contributed by atoms with Crippen LogP contribution in [-0.4, -0.2) is 9.97 Å². The molecule has 0 unspecified atom stereocenters. The summed E-state index contributed by atoms with van der Waals surface area (Å²) in [7, 11) is 0. The standard InChI is InChI=1S/C15H16N4S/c1-3-12-9(2)14(19-16)18-15(17-12)11-8-20-13-7-5-4-6-10(11)13/h4-8H,3,16H2,1-2H3,(H,17,18,19). The zero-order valence-corrected chi connectivity index (χ0v) is 12.3. The normalized spacial score (nSPS) is 10.9. The lowest BCUT2D eigenvalue weighted by Gasteiger charge is -2.10. The maximum atomic E-state index is 5.57. The number of fused-ring (bicyclic) bond motifs is 1.